The lowest BCUT2D eigenvalue weighted by Gasteiger charge is -2.20. The molecule has 0 spiro atoms. The summed E-state index contributed by atoms with van der Waals surface area (Å²) >= 11 is 0. The highest BCUT2D eigenvalue weighted by atomic mass is 15.2. The number of anilines is 1. The normalized spacial score (nSPS) is 15.8. The molecule has 2 aromatic heterocycles. The van der Waals surface area contributed by atoms with E-state index in [1.54, 1.807) is 0 Å². The molecule has 4 rings (SSSR count). The van der Waals surface area contributed by atoms with Gasteiger partial charge in [-0.15, -0.1) is 0 Å². The molecular weight excluding hydrogens is 394 g/mol. The van der Waals surface area contributed by atoms with Crippen molar-refractivity contribution in [3.05, 3.63) is 60.4 Å². The van der Waals surface area contributed by atoms with Crippen molar-refractivity contribution in [2.45, 2.75) is 51.5 Å². The van der Waals surface area contributed by atoms with E-state index in [2.05, 4.69) is 64.8 Å². The van der Waals surface area contributed by atoms with Crippen molar-refractivity contribution in [3.8, 4) is 22.4 Å². The number of rotatable bonds is 6. The molecule has 1 aliphatic rings. The highest BCUT2D eigenvalue weighted by Crippen LogP contribution is 2.30. The van der Waals surface area contributed by atoms with Crippen LogP contribution in [0.5, 0.6) is 0 Å². The van der Waals surface area contributed by atoms with Gasteiger partial charge in [-0.1, -0.05) is 50.0 Å². The van der Waals surface area contributed by atoms with Crippen molar-refractivity contribution in [1.82, 2.24) is 14.8 Å². The summed E-state index contributed by atoms with van der Waals surface area (Å²) in [5.74, 6) is 0.953. The average molecular weight is 428 g/mol. The Morgan fingerprint density at radius 2 is 1.84 bits per heavy atom. The lowest BCUT2D eigenvalue weighted by molar-refractivity contribution is 0.617. The smallest absolute Gasteiger partial charge is 0.134 e. The molecule has 5 nitrogen and oxygen atoms in total. The number of allylic oxidation sites excluding steroid dienone is 2. The van der Waals surface area contributed by atoms with E-state index in [4.69, 9.17) is 4.98 Å². The maximum atomic E-state index is 5.12. The molecule has 166 valence electrons. The molecule has 2 heterocycles. The largest absolute Gasteiger partial charge is 0.367 e. The Morgan fingerprint density at radius 3 is 2.53 bits per heavy atom. The second-order valence-electron chi connectivity index (χ2n) is 8.54. The van der Waals surface area contributed by atoms with Crippen molar-refractivity contribution in [2.75, 3.05) is 12.4 Å². The number of aryl methyl sites for hydroxylation is 1. The zero-order chi connectivity index (χ0) is 22.3. The third-order valence-corrected chi connectivity index (χ3v) is 6.18. The van der Waals surface area contributed by atoms with Gasteiger partial charge in [0.15, 0.2) is 0 Å². The highest BCUT2D eigenvalue weighted by Gasteiger charge is 2.17. The van der Waals surface area contributed by atoms with E-state index in [9.17, 15) is 0 Å². The minimum absolute atomic E-state index is 0.470. The minimum Gasteiger partial charge on any atom is -0.367 e. The summed E-state index contributed by atoms with van der Waals surface area (Å²) < 4.78 is 1.83. The zero-order valence-electron chi connectivity index (χ0n) is 19.4. The van der Waals surface area contributed by atoms with Crippen molar-refractivity contribution < 1.29 is 0 Å². The van der Waals surface area contributed by atoms with Crippen LogP contribution in [-0.2, 0) is 7.05 Å². The molecule has 0 unspecified atom stereocenters. The Balaban J connectivity index is 1.72. The van der Waals surface area contributed by atoms with Crippen molar-refractivity contribution >= 4 is 17.6 Å². The number of pyridine rings is 1. The Hall–Kier alpha value is -3.21. The standard InChI is InChI=1S/C27H33N5/c1-4-20(17-28-2)25-14-15-26(31-27(25)30-24-12-7-5-6-8-13-24)22-11-9-10-21(16-22)23-18-29-32(3)19-23/h4,9-11,14-19,24H,5-8,12-13H2,1-3H3,(H,30,31)/b20-4+,28-17?. The molecular formula is C27H33N5. The molecule has 1 fully saturated rings. The Kier molecular flexibility index (Phi) is 7.15. The van der Waals surface area contributed by atoms with Gasteiger partial charge in [0.05, 0.1) is 11.9 Å². The Bertz CT molecular complexity index is 1100. The lowest BCUT2D eigenvalue weighted by Crippen LogP contribution is -2.20. The Labute approximate surface area is 191 Å². The van der Waals surface area contributed by atoms with Gasteiger partial charge in [0.1, 0.15) is 5.82 Å². The Morgan fingerprint density at radius 1 is 1.06 bits per heavy atom. The summed E-state index contributed by atoms with van der Waals surface area (Å²) in [5.41, 5.74) is 6.53. The molecule has 1 aliphatic carbocycles. The number of hydrogen-bond donors (Lipinski definition) is 1. The maximum absolute atomic E-state index is 5.12. The van der Waals surface area contributed by atoms with E-state index in [0.29, 0.717) is 6.04 Å². The van der Waals surface area contributed by atoms with Gasteiger partial charge in [-0.3, -0.25) is 9.67 Å². The third-order valence-electron chi connectivity index (χ3n) is 6.18. The predicted molar refractivity (Wildman–Crippen MR) is 135 cm³/mol. The topological polar surface area (TPSA) is 55.1 Å². The molecule has 0 aliphatic heterocycles. The van der Waals surface area contributed by atoms with Crippen LogP contribution in [0.4, 0.5) is 5.82 Å². The van der Waals surface area contributed by atoms with Crippen molar-refractivity contribution in [2.24, 2.45) is 12.0 Å². The fourth-order valence-corrected chi connectivity index (χ4v) is 4.45. The second kappa shape index (κ2) is 10.4. The number of nitrogens with one attached hydrogen (secondary N) is 1. The van der Waals surface area contributed by atoms with E-state index < -0.39 is 0 Å². The minimum atomic E-state index is 0.470. The maximum Gasteiger partial charge on any atom is 0.134 e. The van der Waals surface area contributed by atoms with E-state index >= 15 is 0 Å². The number of aromatic nitrogens is 3. The van der Waals surface area contributed by atoms with Crippen LogP contribution in [0.15, 0.2) is 59.9 Å². The molecule has 0 amide bonds. The summed E-state index contributed by atoms with van der Waals surface area (Å²) in [6.45, 7) is 2.05. The molecule has 1 N–H and O–H groups in total. The van der Waals surface area contributed by atoms with Crippen LogP contribution in [0.1, 0.15) is 51.0 Å². The SMILES string of the molecule is C/C=C(\C=NC)c1ccc(-c2cccc(-c3cnn(C)c3)c2)nc1NC1CCCCCC1. The second-order valence-corrected chi connectivity index (χ2v) is 8.54. The fraction of sp³-hybridized carbons (Fsp3) is 0.370. The first-order valence-electron chi connectivity index (χ1n) is 11.6. The van der Waals surface area contributed by atoms with Crippen LogP contribution in [0.3, 0.4) is 0 Å². The number of hydrogen-bond acceptors (Lipinski definition) is 4. The molecule has 0 saturated heterocycles. The number of nitrogens with zero attached hydrogens (tertiary/aromatic N) is 4. The van der Waals surface area contributed by atoms with Gasteiger partial charge in [0.2, 0.25) is 0 Å². The molecule has 3 aromatic rings. The predicted octanol–water partition coefficient (Wildman–Crippen LogP) is 6.39. The van der Waals surface area contributed by atoms with Gasteiger partial charge in [-0.2, -0.15) is 5.10 Å². The summed E-state index contributed by atoms with van der Waals surface area (Å²) in [5, 5.41) is 8.11. The third kappa shape index (κ3) is 5.16. The van der Waals surface area contributed by atoms with Crippen molar-refractivity contribution in [3.63, 3.8) is 0 Å². The number of aliphatic imine (C=N–C) groups is 1. The van der Waals surface area contributed by atoms with Gasteiger partial charge >= 0.3 is 0 Å². The van der Waals surface area contributed by atoms with E-state index in [-0.39, 0.29) is 0 Å². The van der Waals surface area contributed by atoms with Crippen molar-refractivity contribution in [1.29, 1.82) is 0 Å². The summed E-state index contributed by atoms with van der Waals surface area (Å²) in [6, 6.07) is 13.3. The quantitative estimate of drug-likeness (QED) is 0.366. The van der Waals surface area contributed by atoms with Gasteiger partial charge in [0.25, 0.3) is 0 Å². The van der Waals surface area contributed by atoms with Crippen LogP contribution in [0.25, 0.3) is 28.0 Å². The first-order valence-corrected chi connectivity index (χ1v) is 11.6. The monoisotopic (exact) mass is 427 g/mol. The molecule has 32 heavy (non-hydrogen) atoms. The first-order chi connectivity index (χ1) is 15.7. The first kappa shape index (κ1) is 22.0. The highest BCUT2D eigenvalue weighted by molar-refractivity contribution is 6.11. The average Bonchev–Trinajstić information content (AvgIpc) is 3.09. The van der Waals surface area contributed by atoms with Gasteiger partial charge < -0.3 is 5.32 Å². The van der Waals surface area contributed by atoms with Crippen LogP contribution in [0, 0.1) is 0 Å². The fourth-order valence-electron chi connectivity index (χ4n) is 4.45. The zero-order valence-corrected chi connectivity index (χ0v) is 19.4. The summed E-state index contributed by atoms with van der Waals surface area (Å²) in [4.78, 5) is 9.38. The van der Waals surface area contributed by atoms with Gasteiger partial charge in [-0.25, -0.2) is 4.98 Å². The molecule has 5 heteroatoms. The van der Waals surface area contributed by atoms with Gasteiger partial charge in [-0.05, 0) is 49.1 Å². The molecule has 1 aromatic carbocycles. The molecule has 1 saturated carbocycles. The van der Waals surface area contributed by atoms with Crippen LogP contribution < -0.4 is 5.32 Å². The van der Waals surface area contributed by atoms with Crippen LogP contribution in [-0.4, -0.2) is 34.1 Å². The molecule has 0 atom stereocenters. The van der Waals surface area contributed by atoms with E-state index in [1.807, 2.05) is 37.4 Å². The lowest BCUT2D eigenvalue weighted by atomic mass is 10.0. The number of benzene rings is 1. The summed E-state index contributed by atoms with van der Waals surface area (Å²) in [6.07, 6.45) is 15.6. The van der Waals surface area contributed by atoms with E-state index in [0.717, 1.165) is 39.3 Å². The van der Waals surface area contributed by atoms with Gasteiger partial charge in [0, 0.05) is 49.2 Å². The molecule has 0 radical (unpaired) electrons. The van der Waals surface area contributed by atoms with Crippen LogP contribution >= 0.6 is 0 Å². The summed E-state index contributed by atoms with van der Waals surface area (Å²) in [7, 11) is 3.76. The molecule has 0 bridgehead atoms. The van der Waals surface area contributed by atoms with Crippen LogP contribution in [0.2, 0.25) is 0 Å². The van der Waals surface area contributed by atoms with E-state index in [1.165, 1.54) is 38.5 Å².